The van der Waals surface area contributed by atoms with Crippen LogP contribution in [-0.4, -0.2) is 19.3 Å². The van der Waals surface area contributed by atoms with Gasteiger partial charge in [0, 0.05) is 18.3 Å². The highest BCUT2D eigenvalue weighted by Crippen LogP contribution is 2.18. The molecule has 0 unspecified atom stereocenters. The molecule has 3 rings (SSSR count). The van der Waals surface area contributed by atoms with Gasteiger partial charge in [-0.05, 0) is 43.8 Å². The summed E-state index contributed by atoms with van der Waals surface area (Å²) in [7, 11) is 1.96. The van der Waals surface area contributed by atoms with Crippen LogP contribution in [0, 0.1) is 18.6 Å². The molecule has 0 radical (unpaired) electrons. The van der Waals surface area contributed by atoms with Crippen LogP contribution in [0.15, 0.2) is 24.4 Å². The minimum atomic E-state index is 0.752. The second-order valence-electron chi connectivity index (χ2n) is 4.92. The molecule has 0 spiro atoms. The lowest BCUT2D eigenvalue weighted by Gasteiger charge is -2.05. The first-order valence-corrected chi connectivity index (χ1v) is 6.64. The van der Waals surface area contributed by atoms with E-state index < -0.39 is 0 Å². The van der Waals surface area contributed by atoms with Crippen molar-refractivity contribution in [2.24, 2.45) is 7.05 Å². The zero-order valence-electron chi connectivity index (χ0n) is 11.3. The van der Waals surface area contributed by atoms with E-state index in [9.17, 15) is 0 Å². The molecule has 0 fully saturated rings. The molecule has 0 saturated heterocycles. The second-order valence-corrected chi connectivity index (χ2v) is 5.30. The smallest absolute Gasteiger partial charge is 0.178 e. The molecule has 2 aromatic heterocycles. The topological polar surface area (TPSA) is 38.5 Å². The summed E-state index contributed by atoms with van der Waals surface area (Å²) in [6.45, 7) is 4.92. The Hall–Kier alpha value is -1.88. The minimum absolute atomic E-state index is 0.752. The Labute approximate surface area is 116 Å². The Balaban J connectivity index is 2.15. The van der Waals surface area contributed by atoms with Crippen LogP contribution in [0.5, 0.6) is 0 Å². The van der Waals surface area contributed by atoms with E-state index in [4.69, 9.17) is 12.2 Å². The van der Waals surface area contributed by atoms with E-state index in [0.717, 1.165) is 22.3 Å². The number of rotatable bonds is 2. The average Bonchev–Trinajstić information content (AvgIpc) is 2.85. The number of H-pyrrole nitrogens is 1. The van der Waals surface area contributed by atoms with E-state index in [1.165, 1.54) is 16.8 Å². The maximum atomic E-state index is 5.43. The third kappa shape index (κ3) is 2.00. The number of fused-ring (bicyclic) bond motifs is 1. The number of nitrogens with zero attached hydrogens (tertiary/aromatic N) is 3. The lowest BCUT2D eigenvalue weighted by atomic mass is 10.2. The summed E-state index contributed by atoms with van der Waals surface area (Å²) in [5, 5.41) is 4.28. The molecular formula is C14H16N4S. The van der Waals surface area contributed by atoms with Crippen molar-refractivity contribution in [2.75, 3.05) is 0 Å². The minimum Gasteiger partial charge on any atom is -0.331 e. The molecule has 1 aromatic carbocycles. The second kappa shape index (κ2) is 4.35. The molecule has 98 valence electrons. The molecule has 0 atom stereocenters. The Kier molecular flexibility index (Phi) is 2.78. The number of hydrogen-bond donors (Lipinski definition) is 1. The van der Waals surface area contributed by atoms with E-state index in [0.29, 0.717) is 0 Å². The lowest BCUT2D eigenvalue weighted by molar-refractivity contribution is 0.732. The van der Waals surface area contributed by atoms with Gasteiger partial charge in [-0.3, -0.25) is 4.68 Å². The molecular weight excluding hydrogens is 256 g/mol. The Morgan fingerprint density at radius 2 is 2.11 bits per heavy atom. The summed E-state index contributed by atoms with van der Waals surface area (Å²) < 4.78 is 4.77. The predicted molar refractivity (Wildman–Crippen MR) is 78.9 cm³/mol. The van der Waals surface area contributed by atoms with E-state index in [1.807, 2.05) is 17.9 Å². The fourth-order valence-corrected chi connectivity index (χ4v) is 2.56. The molecule has 2 heterocycles. The van der Waals surface area contributed by atoms with Gasteiger partial charge in [0.1, 0.15) is 0 Å². The molecule has 1 N–H and O–H groups in total. The van der Waals surface area contributed by atoms with Crippen molar-refractivity contribution in [1.82, 2.24) is 19.3 Å². The van der Waals surface area contributed by atoms with Crippen LogP contribution in [-0.2, 0) is 13.6 Å². The molecule has 0 aliphatic heterocycles. The van der Waals surface area contributed by atoms with Crippen molar-refractivity contribution in [1.29, 1.82) is 0 Å². The third-order valence-corrected chi connectivity index (χ3v) is 3.92. The van der Waals surface area contributed by atoms with Crippen molar-refractivity contribution in [2.45, 2.75) is 20.4 Å². The highest BCUT2D eigenvalue weighted by atomic mass is 32.1. The lowest BCUT2D eigenvalue weighted by Crippen LogP contribution is -2.01. The molecule has 0 saturated carbocycles. The maximum absolute atomic E-state index is 5.43. The van der Waals surface area contributed by atoms with Crippen molar-refractivity contribution in [3.05, 3.63) is 46.0 Å². The van der Waals surface area contributed by atoms with Gasteiger partial charge in [-0.25, -0.2) is 0 Å². The number of benzene rings is 1. The van der Waals surface area contributed by atoms with Gasteiger partial charge in [-0.2, -0.15) is 5.10 Å². The van der Waals surface area contributed by atoms with Gasteiger partial charge in [0.2, 0.25) is 0 Å². The number of nitrogens with one attached hydrogen (secondary N) is 1. The maximum Gasteiger partial charge on any atom is 0.178 e. The Morgan fingerprint density at radius 1 is 1.32 bits per heavy atom. The molecule has 3 aromatic rings. The van der Waals surface area contributed by atoms with Gasteiger partial charge in [0.25, 0.3) is 0 Å². The van der Waals surface area contributed by atoms with Crippen LogP contribution in [0.2, 0.25) is 0 Å². The zero-order valence-corrected chi connectivity index (χ0v) is 12.1. The van der Waals surface area contributed by atoms with Crippen molar-refractivity contribution >= 4 is 23.3 Å². The summed E-state index contributed by atoms with van der Waals surface area (Å²) in [4.78, 5) is 3.25. The molecule has 0 aliphatic rings. The van der Waals surface area contributed by atoms with Crippen LogP contribution < -0.4 is 0 Å². The number of imidazole rings is 1. The van der Waals surface area contributed by atoms with Gasteiger partial charge in [-0.15, -0.1) is 0 Å². The SMILES string of the molecule is Cc1ccc2[nH]c(=S)n(Cc3cnn(C)c3C)c2c1. The van der Waals surface area contributed by atoms with E-state index >= 15 is 0 Å². The number of aromatic nitrogens is 4. The monoisotopic (exact) mass is 272 g/mol. The fraction of sp³-hybridized carbons (Fsp3) is 0.286. The largest absolute Gasteiger partial charge is 0.331 e. The van der Waals surface area contributed by atoms with Gasteiger partial charge in [0.15, 0.2) is 4.77 Å². The predicted octanol–water partition coefficient (Wildman–Crippen LogP) is 3.10. The zero-order chi connectivity index (χ0) is 13.6. The Bertz CT molecular complexity index is 807. The van der Waals surface area contributed by atoms with Crippen LogP contribution in [0.3, 0.4) is 0 Å². The highest BCUT2D eigenvalue weighted by molar-refractivity contribution is 7.71. The molecule has 4 nitrogen and oxygen atoms in total. The Morgan fingerprint density at radius 3 is 2.79 bits per heavy atom. The van der Waals surface area contributed by atoms with Crippen LogP contribution in [0.4, 0.5) is 0 Å². The first-order valence-electron chi connectivity index (χ1n) is 6.23. The van der Waals surface area contributed by atoms with Crippen molar-refractivity contribution in [3.8, 4) is 0 Å². The van der Waals surface area contributed by atoms with Crippen LogP contribution >= 0.6 is 12.2 Å². The summed E-state index contributed by atoms with van der Waals surface area (Å²) in [5.74, 6) is 0. The quantitative estimate of drug-likeness (QED) is 0.728. The van der Waals surface area contributed by atoms with Crippen LogP contribution in [0.25, 0.3) is 11.0 Å². The summed E-state index contributed by atoms with van der Waals surface area (Å²) >= 11 is 5.43. The van der Waals surface area contributed by atoms with Gasteiger partial charge < -0.3 is 9.55 Å². The molecule has 0 aliphatic carbocycles. The molecule has 0 bridgehead atoms. The molecule has 0 amide bonds. The van der Waals surface area contributed by atoms with Crippen molar-refractivity contribution < 1.29 is 0 Å². The fourth-order valence-electron chi connectivity index (χ4n) is 2.29. The molecule has 5 heteroatoms. The number of hydrogen-bond acceptors (Lipinski definition) is 2. The normalized spacial score (nSPS) is 11.3. The van der Waals surface area contributed by atoms with E-state index in [-0.39, 0.29) is 0 Å². The van der Waals surface area contributed by atoms with Gasteiger partial charge in [-0.1, -0.05) is 6.07 Å². The summed E-state index contributed by atoms with van der Waals surface area (Å²) in [5.41, 5.74) is 5.83. The first kappa shape index (κ1) is 12.2. The van der Waals surface area contributed by atoms with E-state index in [1.54, 1.807) is 0 Å². The highest BCUT2D eigenvalue weighted by Gasteiger charge is 2.09. The summed E-state index contributed by atoms with van der Waals surface area (Å²) in [6.07, 6.45) is 1.91. The van der Waals surface area contributed by atoms with Crippen LogP contribution in [0.1, 0.15) is 16.8 Å². The molecule has 19 heavy (non-hydrogen) atoms. The van der Waals surface area contributed by atoms with Gasteiger partial charge in [0.05, 0.1) is 23.8 Å². The van der Waals surface area contributed by atoms with Gasteiger partial charge >= 0.3 is 0 Å². The number of aryl methyl sites for hydroxylation is 2. The first-order chi connectivity index (χ1) is 9.06. The standard InChI is InChI=1S/C14H16N4S/c1-9-4-5-12-13(6-9)18(14(19)16-12)8-11-7-15-17(3)10(11)2/h4-7H,8H2,1-3H3,(H,16,19). The third-order valence-electron chi connectivity index (χ3n) is 3.60. The number of aromatic amines is 1. The van der Waals surface area contributed by atoms with E-state index in [2.05, 4.69) is 46.7 Å². The average molecular weight is 272 g/mol. The summed E-state index contributed by atoms with van der Waals surface area (Å²) in [6, 6.07) is 6.33. The van der Waals surface area contributed by atoms with Crippen molar-refractivity contribution in [3.63, 3.8) is 0 Å².